The van der Waals surface area contributed by atoms with Crippen molar-refractivity contribution in [2.24, 2.45) is 4.99 Å². The summed E-state index contributed by atoms with van der Waals surface area (Å²) in [4.78, 5) is 16.5. The lowest BCUT2D eigenvalue weighted by molar-refractivity contribution is -0.137. The van der Waals surface area contributed by atoms with E-state index in [4.69, 9.17) is 9.84 Å². The van der Waals surface area contributed by atoms with Crippen LogP contribution in [0.2, 0.25) is 0 Å². The van der Waals surface area contributed by atoms with E-state index in [2.05, 4.69) is 15.6 Å². The summed E-state index contributed by atoms with van der Waals surface area (Å²) in [6, 6.07) is 2.64. The Morgan fingerprint density at radius 2 is 1.80 bits per heavy atom. The second kappa shape index (κ2) is 10.0. The molecule has 1 atom stereocenters. The number of ether oxygens (including phenoxy) is 1. The highest BCUT2D eigenvalue weighted by atomic mass is 32.2. The number of aliphatic carboxylic acids is 1. The van der Waals surface area contributed by atoms with Crippen molar-refractivity contribution in [2.75, 3.05) is 25.0 Å². The molecule has 0 bridgehead atoms. The van der Waals surface area contributed by atoms with Crippen LogP contribution in [-0.2, 0) is 37.9 Å². The Morgan fingerprint density at radius 1 is 1.02 bits per heavy atom. The fraction of sp³-hybridized carbons (Fsp3) is 0.385. The van der Waals surface area contributed by atoms with Gasteiger partial charge in [-0.25, -0.2) is 0 Å². The maximum atomic E-state index is 12.5. The molecular formula is C26H28N4O9S2. The summed E-state index contributed by atoms with van der Waals surface area (Å²) in [6.45, 7) is 1.26. The van der Waals surface area contributed by atoms with Gasteiger partial charge >= 0.3 is 5.97 Å². The molecular weight excluding hydrogens is 576 g/mol. The van der Waals surface area contributed by atoms with Crippen LogP contribution in [0, 0.1) is 0 Å². The molecule has 0 aromatic heterocycles. The molecule has 13 nitrogen and oxygen atoms in total. The van der Waals surface area contributed by atoms with Crippen LogP contribution in [0.15, 0.2) is 39.3 Å². The topological polar surface area (TPSA) is 195 Å². The first-order chi connectivity index (χ1) is 19.4. The van der Waals surface area contributed by atoms with Crippen molar-refractivity contribution in [1.29, 1.82) is 0 Å². The minimum Gasteiger partial charge on any atom is -0.481 e. The summed E-state index contributed by atoms with van der Waals surface area (Å²) in [5.74, 6) is -0.0640. The van der Waals surface area contributed by atoms with E-state index >= 15 is 0 Å². The first-order valence-corrected chi connectivity index (χ1v) is 16.0. The lowest BCUT2D eigenvalue weighted by Gasteiger charge is -2.33. The number of carboxylic acid groups (broad SMARTS) is 1. The molecule has 0 aliphatic carbocycles. The summed E-state index contributed by atoms with van der Waals surface area (Å²) in [6.07, 6.45) is 5.68. The average Bonchev–Trinajstić information content (AvgIpc) is 3.66. The number of carbonyl (C=O) groups is 1. The zero-order chi connectivity index (χ0) is 29.1. The quantitative estimate of drug-likeness (QED) is 0.201. The normalized spacial score (nSPS) is 18.5. The number of rotatable bonds is 9. The lowest BCUT2D eigenvalue weighted by atomic mass is 9.91. The van der Waals surface area contributed by atoms with Gasteiger partial charge in [0.15, 0.2) is 0 Å². The van der Waals surface area contributed by atoms with Crippen LogP contribution in [-0.4, -0.2) is 67.7 Å². The summed E-state index contributed by atoms with van der Waals surface area (Å²) < 4.78 is 76.5. The number of anilines is 1. The molecule has 0 amide bonds. The monoisotopic (exact) mass is 604 g/mol. The second-order valence-corrected chi connectivity index (χ2v) is 13.1. The van der Waals surface area contributed by atoms with E-state index in [9.17, 15) is 30.7 Å². The van der Waals surface area contributed by atoms with Crippen LogP contribution in [0.4, 0.5) is 5.69 Å². The van der Waals surface area contributed by atoms with Gasteiger partial charge in [-0.15, -0.1) is 0 Å². The molecule has 0 fully saturated rings. The molecule has 15 heteroatoms. The molecule has 0 saturated carbocycles. The summed E-state index contributed by atoms with van der Waals surface area (Å²) >= 11 is 0. The highest BCUT2D eigenvalue weighted by Gasteiger charge is 2.38. The number of carboxylic acids is 1. The molecule has 2 aromatic carbocycles. The Hall–Kier alpha value is -3.66. The molecule has 41 heavy (non-hydrogen) atoms. The highest BCUT2D eigenvalue weighted by Crippen LogP contribution is 2.47. The van der Waals surface area contributed by atoms with Gasteiger partial charge in [0.2, 0.25) is 0 Å². The maximum Gasteiger partial charge on any atom is 0.303 e. The molecule has 5 N–H and O–H groups in total. The van der Waals surface area contributed by atoms with E-state index < -0.39 is 32.4 Å². The molecule has 0 spiro atoms. The Morgan fingerprint density at radius 3 is 2.54 bits per heavy atom. The fourth-order valence-electron chi connectivity index (χ4n) is 5.99. The van der Waals surface area contributed by atoms with Crippen molar-refractivity contribution >= 4 is 37.5 Å². The highest BCUT2D eigenvalue weighted by molar-refractivity contribution is 7.86. The predicted octanol–water partition coefficient (Wildman–Crippen LogP) is 0.976. The summed E-state index contributed by atoms with van der Waals surface area (Å²) in [7, 11) is -9.32. The zero-order valence-corrected chi connectivity index (χ0v) is 23.4. The van der Waals surface area contributed by atoms with Crippen LogP contribution in [0.1, 0.15) is 42.4 Å². The van der Waals surface area contributed by atoms with Gasteiger partial charge in [-0.05, 0) is 37.8 Å². The molecule has 0 radical (unpaired) electrons. The van der Waals surface area contributed by atoms with Gasteiger partial charge in [0, 0.05) is 65.9 Å². The molecule has 4 heterocycles. The van der Waals surface area contributed by atoms with E-state index in [1.54, 1.807) is 6.20 Å². The summed E-state index contributed by atoms with van der Waals surface area (Å²) in [5.41, 5.74) is 2.24. The number of hydrogen-bond donors (Lipinski definition) is 5. The van der Waals surface area contributed by atoms with E-state index in [-0.39, 0.29) is 27.3 Å². The van der Waals surface area contributed by atoms with Crippen LogP contribution in [0.3, 0.4) is 0 Å². The van der Waals surface area contributed by atoms with Crippen molar-refractivity contribution in [3.05, 3.63) is 51.8 Å². The number of fused-ring (bicyclic) bond motifs is 6. The van der Waals surface area contributed by atoms with Gasteiger partial charge in [0.1, 0.15) is 27.5 Å². The molecule has 1 unspecified atom stereocenters. The van der Waals surface area contributed by atoms with E-state index in [0.717, 1.165) is 0 Å². The second-order valence-electron chi connectivity index (χ2n) is 10.3. The average molecular weight is 605 g/mol. The third-order valence-corrected chi connectivity index (χ3v) is 9.48. The van der Waals surface area contributed by atoms with Gasteiger partial charge in [0.25, 0.3) is 20.2 Å². The van der Waals surface area contributed by atoms with E-state index in [1.807, 2.05) is 11.1 Å². The van der Waals surface area contributed by atoms with Crippen LogP contribution in [0.5, 0.6) is 11.5 Å². The van der Waals surface area contributed by atoms with Crippen LogP contribution >= 0.6 is 0 Å². The minimum atomic E-state index is -4.67. The Labute approximate surface area is 235 Å². The Bertz CT molecular complexity index is 1850. The van der Waals surface area contributed by atoms with Gasteiger partial charge < -0.3 is 25.4 Å². The van der Waals surface area contributed by atoms with Crippen molar-refractivity contribution in [2.45, 2.75) is 54.5 Å². The minimum absolute atomic E-state index is 0.0686. The number of nitrogens with zero attached hydrogens (tertiary/aromatic N) is 2. The van der Waals surface area contributed by atoms with E-state index in [0.29, 0.717) is 90.7 Å². The number of benzene rings is 2. The molecule has 0 saturated heterocycles. The fourth-order valence-corrected chi connectivity index (χ4v) is 7.41. The van der Waals surface area contributed by atoms with Gasteiger partial charge in [0.05, 0.1) is 11.0 Å². The first-order valence-electron chi connectivity index (χ1n) is 13.2. The molecule has 4 aliphatic heterocycles. The molecule has 218 valence electrons. The van der Waals surface area contributed by atoms with Gasteiger partial charge in [-0.1, -0.05) is 6.42 Å². The molecule has 4 aliphatic rings. The smallest absolute Gasteiger partial charge is 0.303 e. The largest absolute Gasteiger partial charge is 0.481 e. The number of unbranched alkanes of at least 4 members (excludes halogenated alkanes) is 2. The molecule has 2 aromatic rings. The van der Waals surface area contributed by atoms with Crippen LogP contribution < -0.4 is 25.9 Å². The zero-order valence-electron chi connectivity index (χ0n) is 21.8. The third kappa shape index (κ3) is 4.81. The van der Waals surface area contributed by atoms with Gasteiger partial charge in [-0.2, -0.15) is 16.8 Å². The Kier molecular flexibility index (Phi) is 6.71. The van der Waals surface area contributed by atoms with Crippen molar-refractivity contribution < 1.29 is 40.6 Å². The predicted molar refractivity (Wildman–Crippen MR) is 146 cm³/mol. The third-order valence-electron chi connectivity index (χ3n) is 7.74. The van der Waals surface area contributed by atoms with Crippen molar-refractivity contribution in [1.82, 2.24) is 10.2 Å². The van der Waals surface area contributed by atoms with Gasteiger partial charge in [-0.3, -0.25) is 18.9 Å². The number of nitrogens with one attached hydrogen (secondary N) is 2. The van der Waals surface area contributed by atoms with Crippen molar-refractivity contribution in [3.63, 3.8) is 0 Å². The lowest BCUT2D eigenvalue weighted by Crippen LogP contribution is -2.41. The van der Waals surface area contributed by atoms with Crippen molar-refractivity contribution in [3.8, 4) is 11.5 Å². The standard InChI is InChI=1S/C26H28N4O9S2/c31-20(32)4-2-1-3-10-30-11-9-29-26(30)21-16-12-18(40(33,34)35)22-14(5-7-27-22)24(16)39-25-15-6-8-28-23(15)19(13-17(21)25)41(36,37)38/h9,11-13,26-27,29H,1-8,10H2,(H,31,32)(H,33,34,35)(H,36,37,38). The SMILES string of the molecule is O=C(O)CCCCCN1C=CNC1C1=c2cc(S(=O)(=O)O)c3c(c2Oc2c1cc(S(=O)(=O)O)c1c2CCN1)CCN=3. The van der Waals surface area contributed by atoms with Crippen LogP contribution in [0.25, 0.3) is 5.57 Å². The molecule has 6 rings (SSSR count). The maximum absolute atomic E-state index is 12.5. The summed E-state index contributed by atoms with van der Waals surface area (Å²) in [5, 5.41) is 15.7. The Balaban J connectivity index is 1.58. The first kappa shape index (κ1) is 27.5. The van der Waals surface area contributed by atoms with E-state index in [1.165, 1.54) is 12.1 Å². The number of hydrogen-bond acceptors (Lipinski definition) is 10.